The number of aryl methyl sites for hydroxylation is 1. The number of halogens is 5. The Bertz CT molecular complexity index is 1470. The van der Waals surface area contributed by atoms with Crippen LogP contribution in [0.4, 0.5) is 33.3 Å². The van der Waals surface area contributed by atoms with Crippen LogP contribution in [0.1, 0.15) is 40.4 Å². The van der Waals surface area contributed by atoms with E-state index in [0.717, 1.165) is 36.2 Å². The van der Waals surface area contributed by atoms with Gasteiger partial charge in [0.2, 0.25) is 5.78 Å². The minimum absolute atomic E-state index is 0.0587. The lowest BCUT2D eigenvalue weighted by atomic mass is 10.0. The van der Waals surface area contributed by atoms with E-state index in [1.165, 1.54) is 6.20 Å². The van der Waals surface area contributed by atoms with Gasteiger partial charge < -0.3 is 4.98 Å². The Morgan fingerprint density at radius 1 is 1.14 bits per heavy atom. The number of benzene rings is 2. The highest BCUT2D eigenvalue weighted by molar-refractivity contribution is 7.81. The first kappa shape index (κ1) is 25.5. The zero-order valence-electron chi connectivity index (χ0n) is 18.6. The molecule has 0 saturated heterocycles. The summed E-state index contributed by atoms with van der Waals surface area (Å²) < 4.78 is 91.3. The number of aromatic amines is 1. The number of rotatable bonds is 7. The van der Waals surface area contributed by atoms with Gasteiger partial charge in [-0.1, -0.05) is 13.3 Å². The summed E-state index contributed by atoms with van der Waals surface area (Å²) in [6, 6.07) is 6.27. The van der Waals surface area contributed by atoms with Gasteiger partial charge in [0, 0.05) is 23.3 Å². The van der Waals surface area contributed by atoms with Gasteiger partial charge >= 0.3 is 6.18 Å². The Morgan fingerprint density at radius 3 is 2.44 bits per heavy atom. The largest absolute Gasteiger partial charge is 0.416 e. The zero-order valence-corrected chi connectivity index (χ0v) is 19.4. The van der Waals surface area contributed by atoms with E-state index in [4.69, 9.17) is 0 Å². The van der Waals surface area contributed by atoms with Crippen molar-refractivity contribution < 1.29 is 35.5 Å². The number of H-pyrrole nitrogens is 1. The van der Waals surface area contributed by atoms with Crippen LogP contribution in [0.3, 0.4) is 0 Å². The number of nitrogens with zero attached hydrogens (tertiary/aromatic N) is 2. The molecule has 0 amide bonds. The van der Waals surface area contributed by atoms with Gasteiger partial charge in [-0.3, -0.25) is 9.35 Å². The number of aromatic nitrogens is 2. The Balaban J connectivity index is 1.81. The van der Waals surface area contributed by atoms with E-state index < -0.39 is 51.7 Å². The molecule has 1 unspecified atom stereocenters. The Kier molecular flexibility index (Phi) is 6.92. The molecule has 2 aromatic heterocycles. The molecule has 2 heterocycles. The van der Waals surface area contributed by atoms with E-state index in [-0.39, 0.29) is 11.3 Å². The van der Waals surface area contributed by atoms with E-state index in [2.05, 4.69) is 9.97 Å². The molecular formula is C24H18F5N3O3S. The summed E-state index contributed by atoms with van der Waals surface area (Å²) >= 11 is -2.97. The molecule has 0 saturated carbocycles. The van der Waals surface area contributed by atoms with Crippen molar-refractivity contribution in [3.05, 3.63) is 88.7 Å². The van der Waals surface area contributed by atoms with Gasteiger partial charge in [-0.15, -0.1) is 0 Å². The lowest BCUT2D eigenvalue weighted by molar-refractivity contribution is -0.137. The average Bonchev–Trinajstić information content (AvgIpc) is 3.24. The molecule has 0 radical (unpaired) electrons. The van der Waals surface area contributed by atoms with Gasteiger partial charge in [-0.25, -0.2) is 22.3 Å². The number of carbonyl (C=O) groups excluding carboxylic acids is 1. The van der Waals surface area contributed by atoms with Crippen molar-refractivity contribution in [1.82, 2.24) is 9.97 Å². The van der Waals surface area contributed by atoms with Gasteiger partial charge in [0.15, 0.2) is 5.82 Å². The molecule has 4 aromatic rings. The average molecular weight is 523 g/mol. The maximum atomic E-state index is 15.6. The van der Waals surface area contributed by atoms with E-state index in [9.17, 15) is 31.1 Å². The van der Waals surface area contributed by atoms with Gasteiger partial charge in [0.25, 0.3) is 11.3 Å². The summed E-state index contributed by atoms with van der Waals surface area (Å²) in [5.41, 5.74) is -1.89. The first-order valence-electron chi connectivity index (χ1n) is 10.6. The Morgan fingerprint density at radius 2 is 1.83 bits per heavy atom. The summed E-state index contributed by atoms with van der Waals surface area (Å²) in [4.78, 5) is 20.3. The molecule has 0 aliphatic rings. The first-order chi connectivity index (χ1) is 17.0. The van der Waals surface area contributed by atoms with Crippen LogP contribution in [-0.2, 0) is 23.9 Å². The molecule has 0 spiro atoms. The van der Waals surface area contributed by atoms with Gasteiger partial charge in [0.05, 0.1) is 22.5 Å². The fourth-order valence-electron chi connectivity index (χ4n) is 3.80. The molecule has 0 aliphatic carbocycles. The predicted molar refractivity (Wildman–Crippen MR) is 124 cm³/mol. The van der Waals surface area contributed by atoms with Gasteiger partial charge in [0.1, 0.15) is 11.5 Å². The third kappa shape index (κ3) is 4.73. The smallest absolute Gasteiger partial charge is 0.345 e. The van der Waals surface area contributed by atoms with E-state index >= 15 is 4.39 Å². The van der Waals surface area contributed by atoms with Crippen LogP contribution < -0.4 is 4.31 Å². The topological polar surface area (TPSA) is 86.3 Å². The highest BCUT2D eigenvalue weighted by Gasteiger charge is 2.32. The number of alkyl halides is 3. The highest BCUT2D eigenvalue weighted by Crippen LogP contribution is 2.36. The second-order valence-electron chi connectivity index (χ2n) is 7.85. The summed E-state index contributed by atoms with van der Waals surface area (Å²) in [6.45, 7) is 1.96. The second-order valence-corrected chi connectivity index (χ2v) is 8.67. The minimum atomic E-state index is -4.66. The van der Waals surface area contributed by atoms with Crippen LogP contribution in [0.2, 0.25) is 0 Å². The van der Waals surface area contributed by atoms with Crippen molar-refractivity contribution in [3.63, 3.8) is 0 Å². The monoisotopic (exact) mass is 523 g/mol. The van der Waals surface area contributed by atoms with Crippen LogP contribution in [0.15, 0.2) is 54.9 Å². The SMILES string of the molecule is CCCc1cnc2[nH]cc(C(=O)c3c(F)ccc(N(c4ccc(C(F)(F)F)cc4)S(=O)O)c3F)c2c1. The lowest BCUT2D eigenvalue weighted by Crippen LogP contribution is -2.22. The van der Waals surface area contributed by atoms with Crippen molar-refractivity contribution in [2.45, 2.75) is 25.9 Å². The van der Waals surface area contributed by atoms with Crippen LogP contribution in [0.25, 0.3) is 11.0 Å². The van der Waals surface area contributed by atoms with E-state index in [1.54, 1.807) is 12.3 Å². The molecule has 36 heavy (non-hydrogen) atoms. The third-order valence-electron chi connectivity index (χ3n) is 5.47. The number of pyridine rings is 1. The van der Waals surface area contributed by atoms with Crippen LogP contribution in [0.5, 0.6) is 0 Å². The molecule has 0 aliphatic heterocycles. The van der Waals surface area contributed by atoms with Crippen LogP contribution >= 0.6 is 0 Å². The Hall–Kier alpha value is -3.64. The van der Waals surface area contributed by atoms with Crippen molar-refractivity contribution in [2.24, 2.45) is 0 Å². The molecule has 2 aromatic carbocycles. The molecule has 4 rings (SSSR count). The molecule has 2 N–H and O–H groups in total. The third-order valence-corrected chi connectivity index (χ3v) is 6.19. The number of fused-ring (bicyclic) bond motifs is 1. The Labute approximate surface area is 204 Å². The quantitative estimate of drug-likeness (QED) is 0.169. The summed E-state index contributed by atoms with van der Waals surface area (Å²) in [6.07, 6.45) is -0.293. The number of carbonyl (C=O) groups is 1. The normalized spacial score (nSPS) is 12.6. The molecule has 12 heteroatoms. The standard InChI is InChI=1S/C24H18F5N3O3S/c1-2-3-13-10-16-17(12-31-23(16)30-11-13)22(33)20-18(25)8-9-19(21(20)26)32(36(34)35)15-6-4-14(5-7-15)24(27,28)29/h4-12H,2-3H2,1H3,(H,30,31)(H,34,35). The van der Waals surface area contributed by atoms with E-state index in [1.807, 2.05) is 6.92 Å². The van der Waals surface area contributed by atoms with Crippen LogP contribution in [0, 0.1) is 11.6 Å². The zero-order chi connectivity index (χ0) is 26.2. The van der Waals surface area contributed by atoms with Crippen molar-refractivity contribution in [3.8, 4) is 0 Å². The number of nitrogens with one attached hydrogen (secondary N) is 1. The molecular weight excluding hydrogens is 505 g/mol. The minimum Gasteiger partial charge on any atom is -0.345 e. The molecule has 0 bridgehead atoms. The summed E-state index contributed by atoms with van der Waals surface area (Å²) in [5.74, 6) is -3.71. The molecule has 6 nitrogen and oxygen atoms in total. The number of hydrogen-bond donors (Lipinski definition) is 2. The van der Waals surface area contributed by atoms with E-state index in [0.29, 0.717) is 33.9 Å². The van der Waals surface area contributed by atoms with Crippen molar-refractivity contribution >= 4 is 39.5 Å². The van der Waals surface area contributed by atoms with Gasteiger partial charge in [-0.05, 0) is 54.4 Å². The van der Waals surface area contributed by atoms with Crippen LogP contribution in [-0.4, -0.2) is 24.5 Å². The lowest BCUT2D eigenvalue weighted by Gasteiger charge is -2.22. The number of hydrogen-bond acceptors (Lipinski definition) is 3. The van der Waals surface area contributed by atoms with Crippen molar-refractivity contribution in [2.75, 3.05) is 4.31 Å². The summed E-state index contributed by atoms with van der Waals surface area (Å²) in [7, 11) is 0. The number of anilines is 2. The maximum absolute atomic E-state index is 15.6. The maximum Gasteiger partial charge on any atom is 0.416 e. The highest BCUT2D eigenvalue weighted by atomic mass is 32.2. The second kappa shape index (κ2) is 9.78. The van der Waals surface area contributed by atoms with Crippen molar-refractivity contribution in [1.29, 1.82) is 0 Å². The molecule has 188 valence electrons. The molecule has 1 atom stereocenters. The first-order valence-corrected chi connectivity index (χ1v) is 11.7. The van der Waals surface area contributed by atoms with Gasteiger partial charge in [-0.2, -0.15) is 13.2 Å². The fourth-order valence-corrected chi connectivity index (χ4v) is 4.41. The fraction of sp³-hybridized carbons (Fsp3) is 0.167. The summed E-state index contributed by atoms with van der Waals surface area (Å²) in [5, 5.41) is 0.348. The predicted octanol–water partition coefficient (Wildman–Crippen LogP) is 6.32. The molecule has 0 fully saturated rings. The number of ketones is 1.